The first-order valence-electron chi connectivity index (χ1n) is 7.76. The molecule has 8 heteroatoms. The van der Waals surface area contributed by atoms with Gasteiger partial charge in [-0.05, 0) is 37.6 Å². The Hall–Kier alpha value is -2.74. The van der Waals surface area contributed by atoms with Crippen LogP contribution in [0.25, 0.3) is 11.5 Å². The molecule has 0 spiro atoms. The Morgan fingerprint density at radius 1 is 1.19 bits per heavy atom. The smallest absolute Gasteiger partial charge is 0.277 e. The summed E-state index contributed by atoms with van der Waals surface area (Å²) in [4.78, 5) is 12.2. The second kappa shape index (κ2) is 7.65. The van der Waals surface area contributed by atoms with Gasteiger partial charge in [-0.1, -0.05) is 30.0 Å². The standard InChI is InChI=1S/C18H15F2N3O2S/c1-10-5-3-4-6-13(10)17-22-23-18(25-17)26-11(2)16(24)21-15-9-12(19)7-8-14(15)20/h3-9,11H,1-2H3,(H,21,24)/t11-/m1/s1. The third kappa shape index (κ3) is 4.08. The van der Waals surface area contributed by atoms with Gasteiger partial charge >= 0.3 is 0 Å². The van der Waals surface area contributed by atoms with Crippen LogP contribution in [0.15, 0.2) is 52.1 Å². The van der Waals surface area contributed by atoms with E-state index in [4.69, 9.17) is 4.42 Å². The van der Waals surface area contributed by atoms with E-state index in [1.54, 1.807) is 6.92 Å². The van der Waals surface area contributed by atoms with Crippen LogP contribution in [0.1, 0.15) is 12.5 Å². The number of hydrogen-bond acceptors (Lipinski definition) is 5. The highest BCUT2D eigenvalue weighted by Gasteiger charge is 2.20. The van der Waals surface area contributed by atoms with Crippen molar-refractivity contribution in [1.82, 2.24) is 10.2 Å². The fourth-order valence-electron chi connectivity index (χ4n) is 2.21. The largest absolute Gasteiger partial charge is 0.411 e. The normalized spacial score (nSPS) is 12.0. The van der Waals surface area contributed by atoms with Gasteiger partial charge in [0.1, 0.15) is 11.6 Å². The third-order valence-corrected chi connectivity index (χ3v) is 4.55. The molecule has 0 aliphatic rings. The highest BCUT2D eigenvalue weighted by molar-refractivity contribution is 8.00. The molecule has 0 aliphatic heterocycles. The molecular formula is C18H15F2N3O2S. The number of rotatable bonds is 5. The topological polar surface area (TPSA) is 68.0 Å². The molecule has 0 unspecified atom stereocenters. The Morgan fingerprint density at radius 3 is 2.73 bits per heavy atom. The molecule has 1 N–H and O–H groups in total. The fraction of sp³-hybridized carbons (Fsp3) is 0.167. The van der Waals surface area contributed by atoms with Gasteiger partial charge in [0.2, 0.25) is 11.8 Å². The predicted octanol–water partition coefficient (Wildman–Crippen LogP) is 4.44. The summed E-state index contributed by atoms with van der Waals surface area (Å²) in [5.74, 6) is -1.50. The number of carbonyl (C=O) groups is 1. The van der Waals surface area contributed by atoms with Gasteiger partial charge in [-0.15, -0.1) is 10.2 Å². The number of nitrogens with one attached hydrogen (secondary N) is 1. The number of benzene rings is 2. The predicted molar refractivity (Wildman–Crippen MR) is 94.8 cm³/mol. The summed E-state index contributed by atoms with van der Waals surface area (Å²) in [5, 5.41) is 9.83. The van der Waals surface area contributed by atoms with Gasteiger partial charge in [-0.3, -0.25) is 4.79 Å². The highest BCUT2D eigenvalue weighted by Crippen LogP contribution is 2.28. The molecule has 0 saturated heterocycles. The zero-order valence-corrected chi connectivity index (χ0v) is 14.8. The van der Waals surface area contributed by atoms with Gasteiger partial charge in [0.05, 0.1) is 10.9 Å². The molecule has 26 heavy (non-hydrogen) atoms. The molecule has 3 rings (SSSR count). The maximum Gasteiger partial charge on any atom is 0.277 e. The first-order chi connectivity index (χ1) is 12.4. The molecule has 2 aromatic carbocycles. The molecule has 0 radical (unpaired) electrons. The van der Waals surface area contributed by atoms with Crippen LogP contribution in [-0.4, -0.2) is 21.4 Å². The first kappa shape index (κ1) is 18.1. The number of anilines is 1. The fourth-order valence-corrected chi connectivity index (χ4v) is 2.89. The molecule has 1 atom stereocenters. The van der Waals surface area contributed by atoms with Gasteiger partial charge in [0.25, 0.3) is 5.22 Å². The maximum atomic E-state index is 13.6. The van der Waals surface area contributed by atoms with Crippen LogP contribution in [0.5, 0.6) is 0 Å². The molecule has 1 aromatic heterocycles. The second-order valence-electron chi connectivity index (χ2n) is 5.56. The van der Waals surface area contributed by atoms with Crippen LogP contribution in [0, 0.1) is 18.6 Å². The minimum absolute atomic E-state index is 0.214. The lowest BCUT2D eigenvalue weighted by Crippen LogP contribution is -2.23. The van der Waals surface area contributed by atoms with Crippen molar-refractivity contribution in [2.24, 2.45) is 0 Å². The average Bonchev–Trinajstić information content (AvgIpc) is 3.06. The van der Waals surface area contributed by atoms with Gasteiger partial charge in [-0.25, -0.2) is 8.78 Å². The number of carbonyl (C=O) groups excluding carboxylic acids is 1. The zero-order chi connectivity index (χ0) is 18.7. The van der Waals surface area contributed by atoms with Crippen molar-refractivity contribution in [2.45, 2.75) is 24.3 Å². The third-order valence-electron chi connectivity index (χ3n) is 3.62. The lowest BCUT2D eigenvalue weighted by Gasteiger charge is -2.10. The van der Waals surface area contributed by atoms with Crippen LogP contribution in [0.4, 0.5) is 14.5 Å². The van der Waals surface area contributed by atoms with Crippen molar-refractivity contribution in [1.29, 1.82) is 0 Å². The Balaban J connectivity index is 1.68. The minimum Gasteiger partial charge on any atom is -0.411 e. The molecule has 134 valence electrons. The Labute approximate surface area is 152 Å². The van der Waals surface area contributed by atoms with E-state index in [9.17, 15) is 13.6 Å². The van der Waals surface area contributed by atoms with E-state index in [1.165, 1.54) is 0 Å². The number of halogens is 2. The SMILES string of the molecule is Cc1ccccc1-c1nnc(S[C@H](C)C(=O)Nc2cc(F)ccc2F)o1. The summed E-state index contributed by atoms with van der Waals surface area (Å²) in [5.41, 5.74) is 1.58. The second-order valence-corrected chi connectivity index (χ2v) is 6.85. The van der Waals surface area contributed by atoms with Gasteiger partial charge in [0, 0.05) is 11.6 Å². The number of hydrogen-bond donors (Lipinski definition) is 1. The van der Waals surface area contributed by atoms with Crippen molar-refractivity contribution in [2.75, 3.05) is 5.32 Å². The van der Waals surface area contributed by atoms with E-state index < -0.39 is 22.8 Å². The van der Waals surface area contributed by atoms with Crippen molar-refractivity contribution in [3.8, 4) is 11.5 Å². The quantitative estimate of drug-likeness (QED) is 0.668. The van der Waals surface area contributed by atoms with Crippen molar-refractivity contribution >= 4 is 23.4 Å². The lowest BCUT2D eigenvalue weighted by molar-refractivity contribution is -0.115. The maximum absolute atomic E-state index is 13.6. The molecule has 5 nitrogen and oxygen atoms in total. The number of amides is 1. The monoisotopic (exact) mass is 375 g/mol. The molecule has 0 bridgehead atoms. The number of aromatic nitrogens is 2. The Morgan fingerprint density at radius 2 is 1.96 bits per heavy atom. The molecule has 0 saturated carbocycles. The molecule has 1 amide bonds. The summed E-state index contributed by atoms with van der Waals surface area (Å²) in [6, 6.07) is 10.4. The van der Waals surface area contributed by atoms with Gasteiger partial charge < -0.3 is 9.73 Å². The summed E-state index contributed by atoms with van der Waals surface area (Å²) in [6.07, 6.45) is 0. The van der Waals surface area contributed by atoms with Gasteiger partial charge in [0.15, 0.2) is 0 Å². The average molecular weight is 375 g/mol. The summed E-state index contributed by atoms with van der Waals surface area (Å²) < 4.78 is 32.4. The first-order valence-corrected chi connectivity index (χ1v) is 8.64. The lowest BCUT2D eigenvalue weighted by atomic mass is 10.1. The van der Waals surface area contributed by atoms with Crippen molar-refractivity contribution in [3.05, 3.63) is 59.7 Å². The molecule has 0 aliphatic carbocycles. The van der Waals surface area contributed by atoms with Crippen LogP contribution in [-0.2, 0) is 4.79 Å². The Bertz CT molecular complexity index is 946. The molecule has 0 fully saturated rings. The highest BCUT2D eigenvalue weighted by atomic mass is 32.2. The van der Waals surface area contributed by atoms with E-state index in [0.717, 1.165) is 41.1 Å². The van der Waals surface area contributed by atoms with Crippen molar-refractivity contribution in [3.63, 3.8) is 0 Å². The molecule has 1 heterocycles. The zero-order valence-electron chi connectivity index (χ0n) is 14.0. The van der Waals surface area contributed by atoms with Crippen LogP contribution < -0.4 is 5.32 Å². The molecular weight excluding hydrogens is 360 g/mol. The van der Waals surface area contributed by atoms with E-state index in [0.29, 0.717) is 5.89 Å². The van der Waals surface area contributed by atoms with E-state index in [2.05, 4.69) is 15.5 Å². The van der Waals surface area contributed by atoms with Crippen LogP contribution in [0.3, 0.4) is 0 Å². The van der Waals surface area contributed by atoms with E-state index in [-0.39, 0.29) is 10.9 Å². The number of aryl methyl sites for hydroxylation is 1. The van der Waals surface area contributed by atoms with Gasteiger partial charge in [-0.2, -0.15) is 0 Å². The minimum atomic E-state index is -0.712. The number of thioether (sulfide) groups is 1. The Kier molecular flexibility index (Phi) is 5.32. The van der Waals surface area contributed by atoms with Crippen LogP contribution >= 0.6 is 11.8 Å². The van der Waals surface area contributed by atoms with Crippen molar-refractivity contribution < 1.29 is 18.0 Å². The van der Waals surface area contributed by atoms with Crippen LogP contribution in [0.2, 0.25) is 0 Å². The summed E-state index contributed by atoms with van der Waals surface area (Å²) in [6.45, 7) is 3.53. The summed E-state index contributed by atoms with van der Waals surface area (Å²) in [7, 11) is 0. The number of nitrogens with zero attached hydrogens (tertiary/aromatic N) is 2. The summed E-state index contributed by atoms with van der Waals surface area (Å²) >= 11 is 1.03. The molecule has 3 aromatic rings. The van der Waals surface area contributed by atoms with E-state index >= 15 is 0 Å². The van der Waals surface area contributed by atoms with E-state index in [1.807, 2.05) is 31.2 Å².